The van der Waals surface area contributed by atoms with E-state index in [-0.39, 0.29) is 11.7 Å². The zero-order valence-electron chi connectivity index (χ0n) is 11.0. The molecule has 0 aliphatic carbocycles. The molecule has 0 bridgehead atoms. The second-order valence-electron chi connectivity index (χ2n) is 4.62. The number of benzene rings is 1. The van der Waals surface area contributed by atoms with Gasteiger partial charge in [0.1, 0.15) is 11.6 Å². The molecule has 3 N–H and O–H groups in total. The lowest BCUT2D eigenvalue weighted by molar-refractivity contribution is -0.274. The normalized spacial score (nSPS) is 11.9. The van der Waals surface area contributed by atoms with Crippen LogP contribution < -0.4 is 10.5 Å². The van der Waals surface area contributed by atoms with E-state index in [1.54, 1.807) is 0 Å². The zero-order chi connectivity index (χ0) is 14.9. The van der Waals surface area contributed by atoms with Crippen LogP contribution in [0.25, 0.3) is 11.3 Å². The maximum Gasteiger partial charge on any atom is 0.573 e. The number of hydrogen-bond acceptors (Lipinski definition) is 3. The number of H-pyrrole nitrogens is 1. The van der Waals surface area contributed by atoms with Gasteiger partial charge in [-0.2, -0.15) is 5.10 Å². The minimum atomic E-state index is -4.69. The Balaban J connectivity index is 2.31. The Labute approximate surface area is 113 Å². The van der Waals surface area contributed by atoms with Gasteiger partial charge in [0.15, 0.2) is 0 Å². The molecule has 0 saturated carbocycles. The van der Waals surface area contributed by atoms with Crippen molar-refractivity contribution < 1.29 is 17.9 Å². The van der Waals surface area contributed by atoms with Crippen LogP contribution in [0.1, 0.15) is 25.3 Å². The summed E-state index contributed by atoms with van der Waals surface area (Å²) in [6.45, 7) is 3.93. The van der Waals surface area contributed by atoms with Crippen molar-refractivity contribution in [2.45, 2.75) is 26.1 Å². The van der Waals surface area contributed by atoms with Gasteiger partial charge in [0.2, 0.25) is 0 Å². The average Bonchev–Trinajstić information content (AvgIpc) is 2.70. The van der Waals surface area contributed by atoms with Crippen LogP contribution in [-0.4, -0.2) is 16.6 Å². The Bertz CT molecular complexity index is 588. The molecule has 0 spiro atoms. The predicted molar refractivity (Wildman–Crippen MR) is 69.2 cm³/mol. The number of aromatic nitrogens is 2. The first-order chi connectivity index (χ1) is 9.28. The van der Waals surface area contributed by atoms with E-state index < -0.39 is 6.36 Å². The molecule has 0 aliphatic heterocycles. The Morgan fingerprint density at radius 1 is 1.20 bits per heavy atom. The Morgan fingerprint density at radius 3 is 2.30 bits per heavy atom. The van der Waals surface area contributed by atoms with E-state index >= 15 is 0 Å². The number of nitrogen functional groups attached to an aromatic ring is 1. The fourth-order valence-electron chi connectivity index (χ4n) is 1.99. The van der Waals surface area contributed by atoms with Gasteiger partial charge < -0.3 is 10.5 Å². The SMILES string of the molecule is CC(C)c1c(N)n[nH]c1-c1ccc(OC(F)(F)F)cc1. The van der Waals surface area contributed by atoms with Gasteiger partial charge in [0, 0.05) is 11.1 Å². The topological polar surface area (TPSA) is 63.9 Å². The molecule has 2 aromatic rings. The number of nitrogens with zero attached hydrogens (tertiary/aromatic N) is 1. The third kappa shape index (κ3) is 3.04. The molecule has 20 heavy (non-hydrogen) atoms. The van der Waals surface area contributed by atoms with E-state index in [0.717, 1.165) is 5.56 Å². The van der Waals surface area contributed by atoms with Crippen molar-refractivity contribution >= 4 is 5.82 Å². The number of halogens is 3. The first-order valence-electron chi connectivity index (χ1n) is 5.98. The first-order valence-corrected chi connectivity index (χ1v) is 5.98. The number of nitrogens with one attached hydrogen (secondary N) is 1. The highest BCUT2D eigenvalue weighted by atomic mass is 19.4. The van der Waals surface area contributed by atoms with Gasteiger partial charge in [0.25, 0.3) is 0 Å². The van der Waals surface area contributed by atoms with Gasteiger partial charge in [-0.05, 0) is 30.2 Å². The monoisotopic (exact) mass is 285 g/mol. The van der Waals surface area contributed by atoms with Crippen molar-refractivity contribution in [3.8, 4) is 17.0 Å². The van der Waals surface area contributed by atoms with Crippen LogP contribution in [0.2, 0.25) is 0 Å². The fraction of sp³-hybridized carbons (Fsp3) is 0.308. The van der Waals surface area contributed by atoms with E-state index in [2.05, 4.69) is 14.9 Å². The Morgan fingerprint density at radius 2 is 1.80 bits per heavy atom. The number of nitrogens with two attached hydrogens (primary N) is 1. The van der Waals surface area contributed by atoms with Crippen LogP contribution in [0, 0.1) is 0 Å². The van der Waals surface area contributed by atoms with Gasteiger partial charge in [-0.15, -0.1) is 13.2 Å². The number of aromatic amines is 1. The molecule has 0 amide bonds. The Hall–Kier alpha value is -2.18. The quantitative estimate of drug-likeness (QED) is 0.904. The lowest BCUT2D eigenvalue weighted by Crippen LogP contribution is -2.16. The predicted octanol–water partition coefficient (Wildman–Crippen LogP) is 3.68. The summed E-state index contributed by atoms with van der Waals surface area (Å²) in [5.41, 5.74) is 8.03. The molecule has 0 atom stereocenters. The van der Waals surface area contributed by atoms with Crippen LogP contribution in [0.3, 0.4) is 0 Å². The number of alkyl halides is 3. The summed E-state index contributed by atoms with van der Waals surface area (Å²) in [6, 6.07) is 5.56. The van der Waals surface area contributed by atoms with E-state index in [9.17, 15) is 13.2 Å². The van der Waals surface area contributed by atoms with Gasteiger partial charge in [-0.1, -0.05) is 13.8 Å². The highest BCUT2D eigenvalue weighted by Gasteiger charge is 2.31. The van der Waals surface area contributed by atoms with E-state index in [0.29, 0.717) is 17.1 Å². The maximum atomic E-state index is 12.1. The van der Waals surface area contributed by atoms with Crippen molar-refractivity contribution in [3.63, 3.8) is 0 Å². The van der Waals surface area contributed by atoms with Crippen molar-refractivity contribution in [2.24, 2.45) is 0 Å². The molecule has 0 aliphatic rings. The highest BCUT2D eigenvalue weighted by molar-refractivity contribution is 5.69. The van der Waals surface area contributed by atoms with Gasteiger partial charge in [0.05, 0.1) is 5.69 Å². The van der Waals surface area contributed by atoms with Crippen molar-refractivity contribution in [2.75, 3.05) is 5.73 Å². The van der Waals surface area contributed by atoms with Gasteiger partial charge in [-0.3, -0.25) is 5.10 Å². The summed E-state index contributed by atoms with van der Waals surface area (Å²) in [5.74, 6) is 0.278. The molecular weight excluding hydrogens is 271 g/mol. The molecule has 0 radical (unpaired) electrons. The first kappa shape index (κ1) is 14.2. The molecule has 1 heterocycles. The molecule has 0 unspecified atom stereocenters. The minimum absolute atomic E-state index is 0.148. The van der Waals surface area contributed by atoms with Crippen molar-refractivity contribution in [1.82, 2.24) is 10.2 Å². The number of rotatable bonds is 3. The minimum Gasteiger partial charge on any atom is -0.406 e. The van der Waals surface area contributed by atoms with Crippen molar-refractivity contribution in [1.29, 1.82) is 0 Å². The molecule has 1 aromatic heterocycles. The van der Waals surface area contributed by atoms with E-state index in [1.165, 1.54) is 24.3 Å². The number of hydrogen-bond donors (Lipinski definition) is 2. The summed E-state index contributed by atoms with van der Waals surface area (Å²) >= 11 is 0. The summed E-state index contributed by atoms with van der Waals surface area (Å²) in [4.78, 5) is 0. The molecule has 108 valence electrons. The largest absolute Gasteiger partial charge is 0.573 e. The van der Waals surface area contributed by atoms with Crippen LogP contribution in [0.15, 0.2) is 24.3 Å². The fourth-order valence-corrected chi connectivity index (χ4v) is 1.99. The molecule has 2 rings (SSSR count). The molecular formula is C13H14F3N3O. The van der Waals surface area contributed by atoms with Crippen LogP contribution in [0.5, 0.6) is 5.75 Å². The third-order valence-corrected chi connectivity index (χ3v) is 2.79. The van der Waals surface area contributed by atoms with E-state index in [1.807, 2.05) is 13.8 Å². The average molecular weight is 285 g/mol. The Kier molecular flexibility index (Phi) is 3.61. The van der Waals surface area contributed by atoms with Gasteiger partial charge >= 0.3 is 6.36 Å². The number of anilines is 1. The molecule has 4 nitrogen and oxygen atoms in total. The van der Waals surface area contributed by atoms with Gasteiger partial charge in [-0.25, -0.2) is 0 Å². The third-order valence-electron chi connectivity index (χ3n) is 2.79. The van der Waals surface area contributed by atoms with Crippen molar-refractivity contribution in [3.05, 3.63) is 29.8 Å². The summed E-state index contributed by atoms with van der Waals surface area (Å²) in [6.07, 6.45) is -4.69. The molecule has 7 heteroatoms. The zero-order valence-corrected chi connectivity index (χ0v) is 11.0. The lowest BCUT2D eigenvalue weighted by Gasteiger charge is -2.10. The second-order valence-corrected chi connectivity index (χ2v) is 4.62. The van der Waals surface area contributed by atoms with E-state index in [4.69, 9.17) is 5.73 Å². The lowest BCUT2D eigenvalue weighted by atomic mass is 9.99. The molecule has 1 aromatic carbocycles. The smallest absolute Gasteiger partial charge is 0.406 e. The number of ether oxygens (including phenoxy) is 1. The maximum absolute atomic E-state index is 12.1. The summed E-state index contributed by atoms with van der Waals surface area (Å²) in [5, 5.41) is 6.74. The molecule has 0 fully saturated rings. The standard InChI is InChI=1S/C13H14F3N3O/c1-7(2)10-11(18-19-12(10)17)8-3-5-9(6-4-8)20-13(14,15)16/h3-7H,1-2H3,(H3,17,18,19). The van der Waals surface area contributed by atoms with Crippen LogP contribution in [-0.2, 0) is 0 Å². The summed E-state index contributed by atoms with van der Waals surface area (Å²) < 4.78 is 40.1. The highest BCUT2D eigenvalue weighted by Crippen LogP contribution is 2.32. The van der Waals surface area contributed by atoms with Crippen LogP contribution in [0.4, 0.5) is 19.0 Å². The second kappa shape index (κ2) is 5.07. The summed E-state index contributed by atoms with van der Waals surface area (Å²) in [7, 11) is 0. The molecule has 0 saturated heterocycles. The van der Waals surface area contributed by atoms with Crippen LogP contribution >= 0.6 is 0 Å².